The molecular weight excluding hydrogens is 488 g/mol. The van der Waals surface area contributed by atoms with Crippen LogP contribution in [-0.2, 0) is 9.47 Å². The molecule has 0 bridgehead atoms. The van der Waals surface area contributed by atoms with E-state index in [-0.39, 0.29) is 10.9 Å². The normalized spacial score (nSPS) is 42.9. The summed E-state index contributed by atoms with van der Waals surface area (Å²) < 4.78 is 11.2. The van der Waals surface area contributed by atoms with Crippen LogP contribution in [0.4, 0.5) is 0 Å². The maximum Gasteiger partial charge on any atom is 0.161 e. The minimum atomic E-state index is -1.11. The predicted molar refractivity (Wildman–Crippen MR) is 130 cm³/mol. The average molecular weight is 525 g/mol. The van der Waals surface area contributed by atoms with E-state index in [1.807, 2.05) is 38.0 Å². The smallest absolute Gasteiger partial charge is 0.161 e. The van der Waals surface area contributed by atoms with E-state index in [0.717, 1.165) is 10.3 Å². The van der Waals surface area contributed by atoms with Gasteiger partial charge in [0, 0.05) is 28.2 Å². The number of hydrogen-bond donors (Lipinski definition) is 6. The van der Waals surface area contributed by atoms with Gasteiger partial charge in [-0.2, -0.15) is 0 Å². The fourth-order valence-electron chi connectivity index (χ4n) is 3.98. The quantitative estimate of drug-likeness (QED) is 0.228. The van der Waals surface area contributed by atoms with Gasteiger partial charge in [0.25, 0.3) is 0 Å². The molecule has 0 aromatic rings. The van der Waals surface area contributed by atoms with Crippen LogP contribution in [0.25, 0.3) is 0 Å². The number of amidine groups is 2. The van der Waals surface area contributed by atoms with Crippen molar-refractivity contribution in [3.63, 3.8) is 0 Å². The molecule has 196 valence electrons. The van der Waals surface area contributed by atoms with Gasteiger partial charge in [0.1, 0.15) is 59.6 Å². The molecule has 2 fully saturated rings. The zero-order chi connectivity index (χ0) is 25.5. The summed E-state index contributed by atoms with van der Waals surface area (Å²) in [6, 6.07) is -0.940. The first-order valence-corrected chi connectivity index (χ1v) is 12.8. The standard InChI is InChI=1S/2C10H18N2O4S/c2*1-4(13)8-7(15)6(14)5-9(16-8)17-10(11-5)12(2)3/h2*4-9,13-15H,1-3H3/t4-,5+,6+,7-,8+,9+;4-,5-,6-,7+,8-,9-/m01/s1. The molecule has 4 aliphatic heterocycles. The van der Waals surface area contributed by atoms with E-state index in [1.54, 1.807) is 0 Å². The van der Waals surface area contributed by atoms with Crippen LogP contribution in [0.1, 0.15) is 13.8 Å². The number of hydrogen-bond acceptors (Lipinski definition) is 14. The van der Waals surface area contributed by atoms with E-state index in [9.17, 15) is 30.6 Å². The Morgan fingerprint density at radius 1 is 0.676 bits per heavy atom. The van der Waals surface area contributed by atoms with Gasteiger partial charge in [0.2, 0.25) is 0 Å². The molecule has 12 nitrogen and oxygen atoms in total. The number of rotatable bonds is 2. The Labute approximate surface area is 207 Å². The number of aliphatic hydroxyl groups excluding tert-OH is 6. The molecule has 0 amide bonds. The molecule has 0 spiro atoms. The van der Waals surface area contributed by atoms with Gasteiger partial charge in [-0.25, -0.2) is 0 Å². The highest BCUT2D eigenvalue weighted by Gasteiger charge is 2.50. The summed E-state index contributed by atoms with van der Waals surface area (Å²) in [6.45, 7) is 3.07. The van der Waals surface area contributed by atoms with Crippen molar-refractivity contribution in [1.82, 2.24) is 9.80 Å². The highest BCUT2D eigenvalue weighted by molar-refractivity contribution is 8.14. The third-order valence-electron chi connectivity index (χ3n) is 5.89. The van der Waals surface area contributed by atoms with E-state index in [0.29, 0.717) is 0 Å². The van der Waals surface area contributed by atoms with Crippen LogP contribution in [0, 0.1) is 0 Å². The van der Waals surface area contributed by atoms with Gasteiger partial charge in [0.05, 0.1) is 12.2 Å². The van der Waals surface area contributed by atoms with Gasteiger partial charge < -0.3 is 49.9 Å². The van der Waals surface area contributed by atoms with Gasteiger partial charge >= 0.3 is 0 Å². The minimum Gasteiger partial charge on any atom is -0.391 e. The molecule has 4 rings (SSSR count). The molecule has 0 aromatic carbocycles. The Kier molecular flexibility index (Phi) is 9.15. The van der Waals surface area contributed by atoms with Gasteiger partial charge in [-0.05, 0) is 13.8 Å². The first-order valence-electron chi connectivity index (χ1n) is 11.1. The predicted octanol–water partition coefficient (Wildman–Crippen LogP) is -2.31. The number of aliphatic hydroxyl groups is 6. The molecular formula is C20H36N4O8S2. The van der Waals surface area contributed by atoms with Crippen molar-refractivity contribution >= 4 is 33.9 Å². The van der Waals surface area contributed by atoms with Gasteiger partial charge in [-0.3, -0.25) is 9.98 Å². The Hall–Kier alpha value is -0.680. The third kappa shape index (κ3) is 5.66. The Balaban J connectivity index is 0.000000191. The van der Waals surface area contributed by atoms with Crippen LogP contribution in [0.3, 0.4) is 0 Å². The highest BCUT2D eigenvalue weighted by atomic mass is 32.2. The van der Waals surface area contributed by atoms with Crippen molar-refractivity contribution in [2.75, 3.05) is 28.2 Å². The molecule has 0 saturated carbocycles. The monoisotopic (exact) mass is 524 g/mol. The SMILES string of the molecule is C[C@@H](O)[C@H]1O[C@@H]2SC(N(C)C)=N[C@@H]2[C@@H](O)[C@@H]1O.C[C@H](O)[C@H]1O[C@@H]2SC(N(C)C)=N[C@@H]2[C@@H](O)[C@@H]1O. The minimum absolute atomic E-state index is 0.342. The maximum atomic E-state index is 9.99. The number of fused-ring (bicyclic) bond motifs is 2. The zero-order valence-electron chi connectivity index (χ0n) is 20.0. The summed E-state index contributed by atoms with van der Waals surface area (Å²) in [7, 11) is 7.44. The summed E-state index contributed by atoms with van der Waals surface area (Å²) in [6.07, 6.45) is -7.42. The summed E-state index contributed by atoms with van der Waals surface area (Å²) >= 11 is 2.80. The van der Waals surface area contributed by atoms with E-state index in [4.69, 9.17) is 9.47 Å². The van der Waals surface area contributed by atoms with Gasteiger partial charge in [-0.15, -0.1) is 0 Å². The van der Waals surface area contributed by atoms with Gasteiger partial charge in [-0.1, -0.05) is 23.5 Å². The first-order chi connectivity index (χ1) is 15.8. The Morgan fingerprint density at radius 3 is 1.26 bits per heavy atom. The second-order valence-electron chi connectivity index (χ2n) is 9.21. The fourth-order valence-corrected chi connectivity index (χ4v) is 6.27. The van der Waals surface area contributed by atoms with Crippen molar-refractivity contribution in [3.8, 4) is 0 Å². The largest absolute Gasteiger partial charge is 0.391 e. The summed E-state index contributed by atoms with van der Waals surface area (Å²) in [4.78, 5) is 12.3. The lowest BCUT2D eigenvalue weighted by atomic mass is 9.95. The second-order valence-corrected chi connectivity index (χ2v) is 11.3. The highest BCUT2D eigenvalue weighted by Crippen LogP contribution is 2.38. The molecule has 6 N–H and O–H groups in total. The van der Waals surface area contributed by atoms with Crippen LogP contribution in [0.2, 0.25) is 0 Å². The van der Waals surface area contributed by atoms with E-state index < -0.39 is 60.9 Å². The molecule has 0 radical (unpaired) electrons. The summed E-state index contributed by atoms with van der Waals surface area (Å²) in [5, 5.41) is 60.2. The van der Waals surface area contributed by atoms with Crippen molar-refractivity contribution in [2.24, 2.45) is 9.98 Å². The van der Waals surface area contributed by atoms with Crippen LogP contribution in [0.15, 0.2) is 9.98 Å². The van der Waals surface area contributed by atoms with E-state index in [2.05, 4.69) is 9.98 Å². The second kappa shape index (κ2) is 11.2. The number of thioether (sulfide) groups is 2. The lowest BCUT2D eigenvalue weighted by molar-refractivity contribution is -0.181. The molecule has 12 atom stereocenters. The topological polar surface area (TPSA) is 171 Å². The fraction of sp³-hybridized carbons (Fsp3) is 0.900. The Bertz CT molecular complexity index is 709. The van der Waals surface area contributed by atoms with Crippen LogP contribution >= 0.6 is 23.5 Å². The van der Waals surface area contributed by atoms with Crippen molar-refractivity contribution in [3.05, 3.63) is 0 Å². The molecule has 14 heteroatoms. The first kappa shape index (κ1) is 27.9. The zero-order valence-corrected chi connectivity index (χ0v) is 21.7. The molecule has 34 heavy (non-hydrogen) atoms. The van der Waals surface area contributed by atoms with Crippen LogP contribution < -0.4 is 0 Å². The van der Waals surface area contributed by atoms with Crippen LogP contribution in [-0.4, -0.2) is 151 Å². The van der Waals surface area contributed by atoms with E-state index >= 15 is 0 Å². The lowest BCUT2D eigenvalue weighted by Crippen LogP contribution is -2.57. The van der Waals surface area contributed by atoms with Crippen LogP contribution in [0.5, 0.6) is 0 Å². The van der Waals surface area contributed by atoms with Crippen molar-refractivity contribution in [1.29, 1.82) is 0 Å². The molecule has 4 aliphatic rings. The van der Waals surface area contributed by atoms with Gasteiger partial charge in [0.15, 0.2) is 10.3 Å². The third-order valence-corrected chi connectivity index (χ3v) is 8.50. The number of nitrogens with zero attached hydrogens (tertiary/aromatic N) is 4. The van der Waals surface area contributed by atoms with E-state index in [1.165, 1.54) is 37.4 Å². The summed E-state index contributed by atoms with van der Waals surface area (Å²) in [5.74, 6) is 0. The van der Waals surface area contributed by atoms with Crippen molar-refractivity contribution < 1.29 is 40.1 Å². The Morgan fingerprint density at radius 2 is 1.00 bits per heavy atom. The maximum absolute atomic E-state index is 9.99. The molecule has 0 aromatic heterocycles. The lowest BCUT2D eigenvalue weighted by Gasteiger charge is -2.39. The molecule has 4 heterocycles. The van der Waals surface area contributed by atoms with Crippen molar-refractivity contribution in [2.45, 2.75) is 85.6 Å². The molecule has 0 aliphatic carbocycles. The number of aliphatic imine (C=N–C) groups is 2. The average Bonchev–Trinajstić information content (AvgIpc) is 3.38. The molecule has 2 saturated heterocycles. The number of ether oxygens (including phenoxy) is 2. The summed E-state index contributed by atoms with van der Waals surface area (Å²) in [5.41, 5.74) is -0.684. The molecule has 0 unspecified atom stereocenters.